The van der Waals surface area contributed by atoms with E-state index in [9.17, 15) is 0 Å². The predicted molar refractivity (Wildman–Crippen MR) is 238 cm³/mol. The Kier molecular flexibility index (Phi) is 6.00. The van der Waals surface area contributed by atoms with E-state index in [-0.39, 0.29) is 24.8 Å². The van der Waals surface area contributed by atoms with Crippen LogP contribution in [0.4, 0.5) is 45.5 Å². The van der Waals surface area contributed by atoms with Crippen LogP contribution in [0.3, 0.4) is 0 Å². The molecule has 13 rings (SSSR count). The van der Waals surface area contributed by atoms with Crippen molar-refractivity contribution in [2.45, 2.75) is 52.4 Å². The molecule has 8 heteroatoms. The maximum Gasteiger partial charge on any atom is 0.424 e. The monoisotopic (exact) mass is 750 g/mol. The van der Waals surface area contributed by atoms with Gasteiger partial charge in [0.15, 0.2) is 0 Å². The van der Waals surface area contributed by atoms with E-state index in [1.54, 1.807) is 0 Å². The molecule has 0 unspecified atom stereocenters. The van der Waals surface area contributed by atoms with Gasteiger partial charge in [0.1, 0.15) is 23.0 Å². The first-order valence-electron chi connectivity index (χ1n) is 20.5. The summed E-state index contributed by atoms with van der Waals surface area (Å²) >= 11 is 0. The van der Waals surface area contributed by atoms with Gasteiger partial charge in [-0.15, -0.1) is 0 Å². The lowest BCUT2D eigenvalue weighted by molar-refractivity contribution is 0.478. The molecule has 58 heavy (non-hydrogen) atoms. The molecule has 0 radical (unpaired) electrons. The Bertz CT molecular complexity index is 2810. The number of fused-ring (bicyclic) bond motifs is 18. The Morgan fingerprint density at radius 1 is 0.379 bits per heavy atom. The van der Waals surface area contributed by atoms with E-state index in [1.807, 2.05) is 0 Å². The van der Waals surface area contributed by atoms with Crippen LogP contribution in [0.1, 0.15) is 61.1 Å². The Balaban J connectivity index is 1.12. The molecule has 0 bridgehead atoms. The quantitative estimate of drug-likeness (QED) is 0.144. The molecule has 0 saturated heterocycles. The van der Waals surface area contributed by atoms with E-state index >= 15 is 0 Å². The van der Waals surface area contributed by atoms with Crippen LogP contribution >= 0.6 is 0 Å². The van der Waals surface area contributed by atoms with Gasteiger partial charge in [0.2, 0.25) is 0 Å². The number of benzene rings is 7. The molecule has 6 nitrogen and oxygen atoms in total. The minimum Gasteiger partial charge on any atom is -0.456 e. The molecule has 0 saturated carbocycles. The van der Waals surface area contributed by atoms with Gasteiger partial charge in [-0.3, -0.25) is 0 Å². The van der Waals surface area contributed by atoms with Gasteiger partial charge in [0, 0.05) is 33.1 Å². The van der Waals surface area contributed by atoms with Crippen molar-refractivity contribution in [1.82, 2.24) is 0 Å². The molecule has 0 aromatic heterocycles. The highest BCUT2D eigenvalue weighted by atomic mass is 16.5. The van der Waals surface area contributed by atoms with Crippen LogP contribution in [0.25, 0.3) is 0 Å². The molecule has 0 fully saturated rings. The van der Waals surface area contributed by atoms with E-state index in [1.165, 1.54) is 56.4 Å². The predicted octanol–water partition coefficient (Wildman–Crippen LogP) is 11.2. The molecule has 6 aliphatic rings. The van der Waals surface area contributed by atoms with Crippen LogP contribution in [-0.2, 0) is 10.8 Å². The molecule has 0 aliphatic carbocycles. The van der Waals surface area contributed by atoms with Gasteiger partial charge >= 0.3 is 14.0 Å². The fourth-order valence-electron chi connectivity index (χ4n) is 11.2. The van der Waals surface area contributed by atoms with Crippen LogP contribution in [0.5, 0.6) is 23.0 Å². The maximum absolute atomic E-state index is 7.28. The van der Waals surface area contributed by atoms with Crippen LogP contribution in [0.2, 0.25) is 0 Å². The van der Waals surface area contributed by atoms with Crippen molar-refractivity contribution < 1.29 is 9.47 Å². The topological polar surface area (TPSA) is 31.4 Å². The van der Waals surface area contributed by atoms with Gasteiger partial charge in [-0.05, 0) is 108 Å². The lowest BCUT2D eigenvalue weighted by atomic mass is 9.58. The van der Waals surface area contributed by atoms with E-state index in [0.29, 0.717) is 0 Å². The first-order valence-corrected chi connectivity index (χ1v) is 20.5. The van der Waals surface area contributed by atoms with Crippen molar-refractivity contribution in [3.63, 3.8) is 0 Å². The highest BCUT2D eigenvalue weighted by Crippen LogP contribution is 2.61. The number of ether oxygens (including phenoxy) is 2. The number of hydrogen-bond donors (Lipinski definition) is 0. The average Bonchev–Trinajstić information content (AvgIpc) is 3.65. The average molecular weight is 751 g/mol. The number of anilines is 8. The molecule has 0 amide bonds. The summed E-state index contributed by atoms with van der Waals surface area (Å²) in [5.74, 6) is 3.37. The van der Waals surface area contributed by atoms with Crippen molar-refractivity contribution in [2.24, 2.45) is 0 Å². The Labute approximate surface area is 340 Å². The molecule has 278 valence electrons. The molecule has 0 spiro atoms. The lowest BCUT2D eigenvalue weighted by Crippen LogP contribution is -2.56. The summed E-state index contributed by atoms with van der Waals surface area (Å²) in [5, 5.41) is 0. The Morgan fingerprint density at radius 2 is 0.776 bits per heavy atom. The number of hydrogen-bond acceptors (Lipinski definition) is 6. The lowest BCUT2D eigenvalue weighted by Gasteiger charge is -2.41. The fraction of sp³-hybridized carbons (Fsp3) is 0.160. The molecule has 7 aromatic carbocycles. The van der Waals surface area contributed by atoms with Crippen molar-refractivity contribution in [3.05, 3.63) is 167 Å². The third kappa shape index (κ3) is 3.86. The zero-order valence-corrected chi connectivity index (χ0v) is 33.5. The molecule has 7 aromatic rings. The minimum atomic E-state index is -0.235. The van der Waals surface area contributed by atoms with Crippen molar-refractivity contribution in [2.75, 3.05) is 19.2 Å². The second-order valence-electron chi connectivity index (χ2n) is 17.9. The van der Waals surface area contributed by atoms with Crippen molar-refractivity contribution in [3.8, 4) is 23.0 Å². The van der Waals surface area contributed by atoms with Gasteiger partial charge in [-0.1, -0.05) is 100 Å². The van der Waals surface area contributed by atoms with Gasteiger partial charge in [0.25, 0.3) is 0 Å². The summed E-state index contributed by atoms with van der Waals surface area (Å²) in [6.07, 6.45) is 0. The van der Waals surface area contributed by atoms with Crippen molar-refractivity contribution in [1.29, 1.82) is 0 Å². The second kappa shape index (κ2) is 10.7. The number of aryl methyl sites for hydroxylation is 2. The van der Waals surface area contributed by atoms with Crippen LogP contribution in [0, 0.1) is 13.8 Å². The standard InChI is InChI=1S/C50H40B2N4O2/c1-29-21-23-39-45(25-29)57-43-27-36-44(28-35(43)51-53(39)41-19-11-15-33-47(41)55(51)37-17-9-7-13-31(37)49(33,3)4)58-46-26-30(2)22-24-40(46)54-42-20-12-16-34-48(42)56(52(36)54)38-18-10-8-14-32(38)50(34,5)6/h7-28H,1-6H3. The fourth-order valence-corrected chi connectivity index (χ4v) is 11.2. The van der Waals surface area contributed by atoms with E-state index < -0.39 is 0 Å². The first kappa shape index (κ1) is 32.5. The van der Waals surface area contributed by atoms with Gasteiger partial charge in [0.05, 0.1) is 34.1 Å². The first-order chi connectivity index (χ1) is 28.1. The highest BCUT2D eigenvalue weighted by Gasteiger charge is 2.56. The van der Waals surface area contributed by atoms with Gasteiger partial charge in [-0.25, -0.2) is 0 Å². The third-order valence-corrected chi connectivity index (χ3v) is 13.9. The summed E-state index contributed by atoms with van der Waals surface area (Å²) in [6, 6.07) is 49.4. The zero-order chi connectivity index (χ0) is 39.0. The van der Waals surface area contributed by atoms with Crippen LogP contribution < -0.4 is 39.6 Å². The molecule has 0 N–H and O–H groups in total. The summed E-state index contributed by atoms with van der Waals surface area (Å²) in [6.45, 7) is 13.3. The molecular weight excluding hydrogens is 710 g/mol. The zero-order valence-electron chi connectivity index (χ0n) is 33.5. The molecular formula is C50H40B2N4O2. The van der Waals surface area contributed by atoms with Crippen molar-refractivity contribution >= 4 is 70.4 Å². The highest BCUT2D eigenvalue weighted by molar-refractivity contribution is 6.87. The van der Waals surface area contributed by atoms with E-state index in [0.717, 1.165) is 56.4 Å². The number of para-hydroxylation sites is 4. The molecule has 6 heterocycles. The molecule has 0 atom stereocenters. The van der Waals surface area contributed by atoms with Crippen LogP contribution in [0.15, 0.2) is 133 Å². The summed E-state index contributed by atoms with van der Waals surface area (Å²) in [5.41, 5.74) is 18.7. The largest absolute Gasteiger partial charge is 0.456 e. The van der Waals surface area contributed by atoms with Gasteiger partial charge < -0.3 is 28.7 Å². The maximum atomic E-state index is 7.28. The van der Waals surface area contributed by atoms with Gasteiger partial charge in [-0.2, -0.15) is 0 Å². The van der Waals surface area contributed by atoms with Crippen LogP contribution in [-0.4, -0.2) is 14.0 Å². The smallest absolute Gasteiger partial charge is 0.424 e. The Morgan fingerprint density at radius 3 is 1.22 bits per heavy atom. The Hall–Kier alpha value is -6.53. The summed E-state index contributed by atoms with van der Waals surface area (Å²) in [4.78, 5) is 10.1. The van der Waals surface area contributed by atoms with E-state index in [2.05, 4.69) is 194 Å². The second-order valence-corrected chi connectivity index (χ2v) is 17.9. The number of nitrogens with zero attached hydrogens (tertiary/aromatic N) is 4. The molecule has 6 aliphatic heterocycles. The van der Waals surface area contributed by atoms with E-state index in [4.69, 9.17) is 9.47 Å². The summed E-state index contributed by atoms with van der Waals surface area (Å²) < 4.78 is 14.6. The minimum absolute atomic E-state index is 0.184. The summed E-state index contributed by atoms with van der Waals surface area (Å²) in [7, 11) is 0. The number of rotatable bonds is 0. The normalized spacial score (nSPS) is 17.1. The third-order valence-electron chi connectivity index (χ3n) is 13.9. The SMILES string of the molecule is Cc1ccc2c(c1)Oc1cc3c(cc1B1N2c2cccc4c2N1c1ccccc1C4(C)C)Oc1cc(C)ccc1N1B3N2c3ccccc3C(C)(C)c3cccc1c32.